The van der Waals surface area contributed by atoms with Gasteiger partial charge in [-0.05, 0) is 24.8 Å². The van der Waals surface area contributed by atoms with Gasteiger partial charge in [0, 0.05) is 33.9 Å². The van der Waals surface area contributed by atoms with E-state index in [9.17, 15) is 0 Å². The fourth-order valence-corrected chi connectivity index (χ4v) is 1.83. The third-order valence-electron chi connectivity index (χ3n) is 2.99. The van der Waals surface area contributed by atoms with Gasteiger partial charge >= 0.3 is 0 Å². The molecule has 1 rings (SSSR count). The summed E-state index contributed by atoms with van der Waals surface area (Å²) in [4.78, 5) is 0. The van der Waals surface area contributed by atoms with Crippen molar-refractivity contribution in [3.05, 3.63) is 17.5 Å². The molecule has 0 aromatic carbocycles. The zero-order valence-electron chi connectivity index (χ0n) is 11.7. The van der Waals surface area contributed by atoms with Crippen LogP contribution in [0.15, 0.2) is 6.07 Å². The summed E-state index contributed by atoms with van der Waals surface area (Å²) in [5.41, 5.74) is 2.57. The average molecular weight is 239 g/mol. The molecule has 0 unspecified atom stereocenters. The van der Waals surface area contributed by atoms with Gasteiger partial charge in [-0.15, -0.1) is 0 Å². The number of methoxy groups -OCH3 is 1. The molecule has 0 aliphatic rings. The lowest BCUT2D eigenvalue weighted by Crippen LogP contribution is -2.30. The summed E-state index contributed by atoms with van der Waals surface area (Å²) in [5, 5.41) is 7.82. The fourth-order valence-electron chi connectivity index (χ4n) is 1.83. The Morgan fingerprint density at radius 2 is 2.18 bits per heavy atom. The van der Waals surface area contributed by atoms with Crippen molar-refractivity contribution in [1.82, 2.24) is 15.1 Å². The predicted molar refractivity (Wildman–Crippen MR) is 69.9 cm³/mol. The number of aromatic nitrogens is 2. The Bertz CT molecular complexity index is 344. The highest BCUT2D eigenvalue weighted by Gasteiger charge is 2.17. The Morgan fingerprint density at radius 1 is 1.47 bits per heavy atom. The van der Waals surface area contributed by atoms with Crippen LogP contribution in [0.3, 0.4) is 0 Å². The van der Waals surface area contributed by atoms with Gasteiger partial charge in [0.05, 0.1) is 11.4 Å². The van der Waals surface area contributed by atoms with Gasteiger partial charge in [0.15, 0.2) is 0 Å². The van der Waals surface area contributed by atoms with Crippen LogP contribution in [0.2, 0.25) is 0 Å². The monoisotopic (exact) mass is 239 g/mol. The molecule has 0 amide bonds. The quantitative estimate of drug-likeness (QED) is 0.789. The van der Waals surface area contributed by atoms with E-state index in [1.165, 1.54) is 5.69 Å². The highest BCUT2D eigenvalue weighted by Crippen LogP contribution is 2.18. The Kier molecular flexibility index (Phi) is 5.15. The number of rotatable bonds is 7. The van der Waals surface area contributed by atoms with Crippen molar-refractivity contribution in [1.29, 1.82) is 0 Å². The predicted octanol–water partition coefficient (Wildman–Crippen LogP) is 1.88. The van der Waals surface area contributed by atoms with Crippen molar-refractivity contribution in [3.8, 4) is 0 Å². The Labute approximate surface area is 104 Å². The standard InChI is InChI=1S/C13H25N3O/c1-11-8-12(16(4)15-11)9-14-10-13(2,3)6-7-17-5/h8,14H,6-7,9-10H2,1-5H3. The van der Waals surface area contributed by atoms with Gasteiger partial charge in [0.25, 0.3) is 0 Å². The first-order valence-corrected chi connectivity index (χ1v) is 6.14. The summed E-state index contributed by atoms with van der Waals surface area (Å²) in [6, 6.07) is 2.12. The minimum absolute atomic E-state index is 0.268. The molecule has 0 aliphatic heterocycles. The first kappa shape index (κ1) is 14.2. The van der Waals surface area contributed by atoms with Crippen molar-refractivity contribution < 1.29 is 4.74 Å². The van der Waals surface area contributed by atoms with Crippen molar-refractivity contribution in [2.75, 3.05) is 20.3 Å². The van der Waals surface area contributed by atoms with Crippen molar-refractivity contribution >= 4 is 0 Å². The summed E-state index contributed by atoms with van der Waals surface area (Å²) >= 11 is 0. The maximum atomic E-state index is 5.12. The number of aryl methyl sites for hydroxylation is 2. The van der Waals surface area contributed by atoms with Crippen LogP contribution in [0.1, 0.15) is 31.7 Å². The molecule has 0 atom stereocenters. The van der Waals surface area contributed by atoms with Crippen LogP contribution in [0.25, 0.3) is 0 Å². The molecule has 0 radical (unpaired) electrons. The molecule has 0 fully saturated rings. The van der Waals surface area contributed by atoms with E-state index in [2.05, 4.69) is 30.3 Å². The molecule has 1 aromatic rings. The molecule has 17 heavy (non-hydrogen) atoms. The van der Waals surface area contributed by atoms with Crippen LogP contribution >= 0.6 is 0 Å². The van der Waals surface area contributed by atoms with Crippen molar-refractivity contribution in [3.63, 3.8) is 0 Å². The van der Waals surface area contributed by atoms with Crippen LogP contribution in [0.4, 0.5) is 0 Å². The van der Waals surface area contributed by atoms with Gasteiger partial charge in [0.1, 0.15) is 0 Å². The Morgan fingerprint density at radius 3 is 2.71 bits per heavy atom. The third kappa shape index (κ3) is 4.88. The van der Waals surface area contributed by atoms with E-state index < -0.39 is 0 Å². The molecule has 0 aliphatic carbocycles. The van der Waals surface area contributed by atoms with E-state index in [4.69, 9.17) is 4.74 Å². The molecule has 4 heteroatoms. The van der Waals surface area contributed by atoms with Gasteiger partial charge in [-0.25, -0.2) is 0 Å². The largest absolute Gasteiger partial charge is 0.385 e. The SMILES string of the molecule is COCCC(C)(C)CNCc1cc(C)nn1C. The highest BCUT2D eigenvalue weighted by atomic mass is 16.5. The van der Waals surface area contributed by atoms with Gasteiger partial charge in [-0.2, -0.15) is 5.10 Å². The number of hydrogen-bond acceptors (Lipinski definition) is 3. The van der Waals surface area contributed by atoms with E-state index in [0.29, 0.717) is 0 Å². The second-order valence-corrected chi connectivity index (χ2v) is 5.41. The van der Waals surface area contributed by atoms with Crippen LogP contribution in [-0.2, 0) is 18.3 Å². The number of ether oxygens (including phenoxy) is 1. The molecule has 1 aromatic heterocycles. The average Bonchev–Trinajstić information content (AvgIpc) is 2.55. The molecular formula is C13H25N3O. The summed E-state index contributed by atoms with van der Waals surface area (Å²) in [5.74, 6) is 0. The van der Waals surface area contributed by atoms with E-state index in [0.717, 1.165) is 31.8 Å². The molecular weight excluding hydrogens is 214 g/mol. The molecule has 0 saturated heterocycles. The molecule has 4 nitrogen and oxygen atoms in total. The van der Waals surface area contributed by atoms with Gasteiger partial charge < -0.3 is 10.1 Å². The number of hydrogen-bond donors (Lipinski definition) is 1. The third-order valence-corrected chi connectivity index (χ3v) is 2.99. The minimum atomic E-state index is 0.268. The Balaban J connectivity index is 2.34. The first-order chi connectivity index (χ1) is 7.94. The second-order valence-electron chi connectivity index (χ2n) is 5.41. The minimum Gasteiger partial charge on any atom is -0.385 e. The van der Waals surface area contributed by atoms with E-state index in [-0.39, 0.29) is 5.41 Å². The zero-order valence-corrected chi connectivity index (χ0v) is 11.7. The second kappa shape index (κ2) is 6.17. The normalized spacial score (nSPS) is 12.1. The number of nitrogens with zero attached hydrogens (tertiary/aromatic N) is 2. The first-order valence-electron chi connectivity index (χ1n) is 6.14. The van der Waals surface area contributed by atoms with Crippen LogP contribution in [0, 0.1) is 12.3 Å². The Hall–Kier alpha value is -0.870. The lowest BCUT2D eigenvalue weighted by atomic mass is 9.90. The maximum Gasteiger partial charge on any atom is 0.0597 e. The zero-order chi connectivity index (χ0) is 12.9. The molecule has 1 heterocycles. The topological polar surface area (TPSA) is 39.1 Å². The van der Waals surface area contributed by atoms with E-state index in [1.54, 1.807) is 7.11 Å². The summed E-state index contributed by atoms with van der Waals surface area (Å²) in [7, 11) is 3.74. The molecule has 1 N–H and O–H groups in total. The fraction of sp³-hybridized carbons (Fsp3) is 0.769. The maximum absolute atomic E-state index is 5.12. The molecule has 98 valence electrons. The highest BCUT2D eigenvalue weighted by molar-refractivity contribution is 5.08. The summed E-state index contributed by atoms with van der Waals surface area (Å²) in [6.45, 7) is 9.21. The molecule has 0 spiro atoms. The van der Waals surface area contributed by atoms with E-state index in [1.807, 2.05) is 18.7 Å². The van der Waals surface area contributed by atoms with Gasteiger partial charge in [-0.3, -0.25) is 4.68 Å². The molecule has 0 saturated carbocycles. The van der Waals surface area contributed by atoms with Crippen LogP contribution in [-0.4, -0.2) is 30.0 Å². The smallest absolute Gasteiger partial charge is 0.0597 e. The summed E-state index contributed by atoms with van der Waals surface area (Å²) in [6.07, 6.45) is 1.07. The lowest BCUT2D eigenvalue weighted by molar-refractivity contribution is 0.150. The lowest BCUT2D eigenvalue weighted by Gasteiger charge is -2.24. The van der Waals surface area contributed by atoms with Crippen molar-refractivity contribution in [2.45, 2.75) is 33.7 Å². The summed E-state index contributed by atoms with van der Waals surface area (Å²) < 4.78 is 7.06. The van der Waals surface area contributed by atoms with Gasteiger partial charge in [-0.1, -0.05) is 13.8 Å². The van der Waals surface area contributed by atoms with Crippen LogP contribution < -0.4 is 5.32 Å². The molecule has 0 bridgehead atoms. The van der Waals surface area contributed by atoms with Crippen LogP contribution in [0.5, 0.6) is 0 Å². The van der Waals surface area contributed by atoms with Gasteiger partial charge in [0.2, 0.25) is 0 Å². The van der Waals surface area contributed by atoms with E-state index >= 15 is 0 Å². The van der Waals surface area contributed by atoms with Crippen molar-refractivity contribution in [2.24, 2.45) is 12.5 Å². The number of nitrogens with one attached hydrogen (secondary N) is 1.